The molecule has 26 heavy (non-hydrogen) atoms. The fraction of sp³-hybridized carbons (Fsp3) is 0.211. The van der Waals surface area contributed by atoms with Gasteiger partial charge in [-0.15, -0.1) is 0 Å². The van der Waals surface area contributed by atoms with Crippen molar-refractivity contribution in [2.24, 2.45) is 0 Å². The summed E-state index contributed by atoms with van der Waals surface area (Å²) >= 11 is 7.29. The molecule has 0 saturated heterocycles. The molecule has 134 valence electrons. The van der Waals surface area contributed by atoms with Crippen LogP contribution < -0.4 is 5.56 Å². The highest BCUT2D eigenvalue weighted by Gasteiger charge is 2.15. The topological polar surface area (TPSA) is 55.2 Å². The predicted octanol–water partition coefficient (Wildman–Crippen LogP) is 3.53. The van der Waals surface area contributed by atoms with Gasteiger partial charge in [-0.1, -0.05) is 41.1 Å². The quantitative estimate of drug-likeness (QED) is 0.507. The number of benzene rings is 2. The first-order valence-corrected chi connectivity index (χ1v) is 9.35. The number of amides is 1. The number of aryl methyl sites for hydroxylation is 1. The van der Waals surface area contributed by atoms with Crippen LogP contribution in [0.4, 0.5) is 0 Å². The zero-order valence-corrected chi connectivity index (χ0v) is 16.3. The maximum atomic E-state index is 13.1. The molecule has 0 aliphatic carbocycles. The zero-order valence-electron chi connectivity index (χ0n) is 14.7. The van der Waals surface area contributed by atoms with Gasteiger partial charge in [0, 0.05) is 19.1 Å². The molecule has 1 amide bonds. The van der Waals surface area contributed by atoms with Crippen LogP contribution in [0.15, 0.2) is 52.4 Å². The third-order valence-electron chi connectivity index (χ3n) is 3.92. The van der Waals surface area contributed by atoms with Crippen LogP contribution >= 0.6 is 23.4 Å². The predicted molar refractivity (Wildman–Crippen MR) is 107 cm³/mol. The number of rotatable bonds is 4. The van der Waals surface area contributed by atoms with Crippen LogP contribution in [0.1, 0.15) is 5.56 Å². The van der Waals surface area contributed by atoms with Crippen LogP contribution in [0, 0.1) is 6.92 Å². The van der Waals surface area contributed by atoms with E-state index in [1.165, 1.54) is 16.7 Å². The van der Waals surface area contributed by atoms with Crippen LogP contribution in [0.2, 0.25) is 5.02 Å². The first kappa shape index (κ1) is 18.5. The van der Waals surface area contributed by atoms with Crippen molar-refractivity contribution in [1.29, 1.82) is 0 Å². The average Bonchev–Trinajstić information content (AvgIpc) is 2.60. The van der Waals surface area contributed by atoms with Crippen LogP contribution in [-0.2, 0) is 4.79 Å². The highest BCUT2D eigenvalue weighted by molar-refractivity contribution is 7.99. The fourth-order valence-electron chi connectivity index (χ4n) is 2.41. The molecule has 0 aliphatic heterocycles. The lowest BCUT2D eigenvalue weighted by Crippen LogP contribution is -2.25. The van der Waals surface area contributed by atoms with E-state index in [0.29, 0.717) is 26.8 Å². The summed E-state index contributed by atoms with van der Waals surface area (Å²) in [4.78, 5) is 31.2. The Labute approximate surface area is 160 Å². The van der Waals surface area contributed by atoms with E-state index in [0.717, 1.165) is 5.56 Å². The second-order valence-corrected chi connectivity index (χ2v) is 7.49. The van der Waals surface area contributed by atoms with Crippen LogP contribution in [0.25, 0.3) is 16.6 Å². The maximum absolute atomic E-state index is 13.1. The minimum absolute atomic E-state index is 0.0501. The van der Waals surface area contributed by atoms with Crippen molar-refractivity contribution < 1.29 is 4.79 Å². The zero-order chi connectivity index (χ0) is 18.8. The second kappa shape index (κ2) is 7.51. The largest absolute Gasteiger partial charge is 0.348 e. The Morgan fingerprint density at radius 3 is 2.54 bits per heavy atom. The number of thioether (sulfide) groups is 1. The number of nitrogens with zero attached hydrogens (tertiary/aromatic N) is 3. The highest BCUT2D eigenvalue weighted by atomic mass is 35.5. The van der Waals surface area contributed by atoms with Gasteiger partial charge in [0.15, 0.2) is 5.16 Å². The molecule has 0 atom stereocenters. The standard InChI is InChI=1S/C19H18ClN3O2S/c1-12-4-7-14(8-5-12)23-18(25)15-9-6-13(20)10-16(15)21-19(23)26-11-17(24)22(2)3/h4-10H,11H2,1-3H3. The Bertz CT molecular complexity index is 1030. The number of halogens is 1. The van der Waals surface area contributed by atoms with Crippen molar-refractivity contribution in [3.8, 4) is 5.69 Å². The molecular formula is C19H18ClN3O2S. The Morgan fingerprint density at radius 1 is 1.19 bits per heavy atom. The monoisotopic (exact) mass is 387 g/mol. The van der Waals surface area contributed by atoms with Crippen molar-refractivity contribution in [3.63, 3.8) is 0 Å². The van der Waals surface area contributed by atoms with Gasteiger partial charge in [0.25, 0.3) is 5.56 Å². The van der Waals surface area contributed by atoms with Crippen molar-refractivity contribution in [3.05, 3.63) is 63.4 Å². The lowest BCUT2D eigenvalue weighted by molar-refractivity contribution is -0.125. The number of hydrogen-bond donors (Lipinski definition) is 0. The molecule has 0 fully saturated rings. The Hall–Kier alpha value is -2.31. The van der Waals surface area contributed by atoms with Gasteiger partial charge in [-0.05, 0) is 37.3 Å². The lowest BCUT2D eigenvalue weighted by atomic mass is 10.2. The molecule has 0 radical (unpaired) electrons. The van der Waals surface area contributed by atoms with Crippen molar-refractivity contribution in [2.75, 3.05) is 19.8 Å². The van der Waals surface area contributed by atoms with Gasteiger partial charge in [0.1, 0.15) is 0 Å². The average molecular weight is 388 g/mol. The van der Waals surface area contributed by atoms with Crippen LogP contribution in [0.3, 0.4) is 0 Å². The summed E-state index contributed by atoms with van der Waals surface area (Å²) in [7, 11) is 3.40. The van der Waals surface area contributed by atoms with Crippen molar-refractivity contribution >= 4 is 40.2 Å². The lowest BCUT2D eigenvalue weighted by Gasteiger charge is -2.14. The summed E-state index contributed by atoms with van der Waals surface area (Å²) < 4.78 is 1.54. The molecule has 3 aromatic rings. The molecule has 7 heteroatoms. The fourth-order valence-corrected chi connectivity index (χ4v) is 3.57. The van der Waals surface area contributed by atoms with E-state index in [1.54, 1.807) is 36.9 Å². The van der Waals surface area contributed by atoms with Gasteiger partial charge < -0.3 is 4.90 Å². The molecule has 2 aromatic carbocycles. The Balaban J connectivity index is 2.18. The molecule has 0 saturated carbocycles. The molecule has 1 aromatic heterocycles. The number of fused-ring (bicyclic) bond motifs is 1. The highest BCUT2D eigenvalue weighted by Crippen LogP contribution is 2.23. The summed E-state index contributed by atoms with van der Waals surface area (Å²) in [6.07, 6.45) is 0. The third-order valence-corrected chi connectivity index (χ3v) is 5.07. The first-order valence-electron chi connectivity index (χ1n) is 7.99. The molecule has 5 nitrogen and oxygen atoms in total. The summed E-state index contributed by atoms with van der Waals surface area (Å²) in [5.41, 5.74) is 2.14. The number of carbonyl (C=O) groups is 1. The van der Waals surface area contributed by atoms with E-state index in [-0.39, 0.29) is 17.2 Å². The van der Waals surface area contributed by atoms with Gasteiger partial charge in [0.05, 0.1) is 22.3 Å². The van der Waals surface area contributed by atoms with Gasteiger partial charge in [-0.3, -0.25) is 14.2 Å². The number of aromatic nitrogens is 2. The van der Waals surface area contributed by atoms with Crippen molar-refractivity contribution in [1.82, 2.24) is 14.5 Å². The minimum Gasteiger partial charge on any atom is -0.348 e. The molecule has 1 heterocycles. The summed E-state index contributed by atoms with van der Waals surface area (Å²) in [6, 6.07) is 12.6. The second-order valence-electron chi connectivity index (χ2n) is 6.11. The summed E-state index contributed by atoms with van der Waals surface area (Å²) in [5, 5.41) is 1.46. The smallest absolute Gasteiger partial charge is 0.266 e. The van der Waals surface area contributed by atoms with Crippen molar-refractivity contribution in [2.45, 2.75) is 12.1 Å². The molecule has 0 bridgehead atoms. The molecule has 0 aliphatic rings. The molecular weight excluding hydrogens is 370 g/mol. The van der Waals surface area contributed by atoms with E-state index >= 15 is 0 Å². The van der Waals surface area contributed by atoms with E-state index in [2.05, 4.69) is 4.98 Å². The maximum Gasteiger partial charge on any atom is 0.266 e. The number of carbonyl (C=O) groups excluding carboxylic acids is 1. The van der Waals surface area contributed by atoms with Crippen LogP contribution in [0.5, 0.6) is 0 Å². The third kappa shape index (κ3) is 3.76. The van der Waals surface area contributed by atoms with E-state index < -0.39 is 0 Å². The van der Waals surface area contributed by atoms with Gasteiger partial charge in [-0.2, -0.15) is 0 Å². The Kier molecular flexibility index (Phi) is 5.34. The normalized spacial score (nSPS) is 10.9. The molecule has 3 rings (SSSR count). The Morgan fingerprint density at radius 2 is 1.88 bits per heavy atom. The van der Waals surface area contributed by atoms with Crippen LogP contribution in [-0.4, -0.2) is 40.2 Å². The molecule has 0 N–H and O–H groups in total. The van der Waals surface area contributed by atoms with E-state index in [1.807, 2.05) is 31.2 Å². The SMILES string of the molecule is Cc1ccc(-n2c(SCC(=O)N(C)C)nc3cc(Cl)ccc3c2=O)cc1. The molecule has 0 unspecified atom stereocenters. The van der Waals surface area contributed by atoms with Gasteiger partial charge in [-0.25, -0.2) is 4.98 Å². The van der Waals surface area contributed by atoms with E-state index in [4.69, 9.17) is 11.6 Å². The van der Waals surface area contributed by atoms with E-state index in [9.17, 15) is 9.59 Å². The number of hydrogen-bond acceptors (Lipinski definition) is 4. The first-order chi connectivity index (χ1) is 12.4. The summed E-state index contributed by atoms with van der Waals surface area (Å²) in [5.74, 6) is 0.142. The van der Waals surface area contributed by atoms with Gasteiger partial charge >= 0.3 is 0 Å². The van der Waals surface area contributed by atoms with Gasteiger partial charge in [0.2, 0.25) is 5.91 Å². The molecule has 0 spiro atoms. The minimum atomic E-state index is -0.185. The summed E-state index contributed by atoms with van der Waals surface area (Å²) in [6.45, 7) is 1.98.